The molecule has 1 saturated heterocycles. The van der Waals surface area contributed by atoms with Crippen LogP contribution in [0.4, 0.5) is 5.69 Å². The Morgan fingerprint density at radius 2 is 1.93 bits per heavy atom. The van der Waals surface area contributed by atoms with Crippen LogP contribution in [0.2, 0.25) is 0 Å². The zero-order valence-corrected chi connectivity index (χ0v) is 16.0. The summed E-state index contributed by atoms with van der Waals surface area (Å²) in [5, 5.41) is 3.22. The summed E-state index contributed by atoms with van der Waals surface area (Å²) in [5.74, 6) is -0.253. The average molecular weight is 362 g/mol. The standard InChI is InChI=1S/C23H26N2O2/c1-15-7-5-12-21(16(15)2)25-14-18(13-22(25)26)23(27)24-20-11-6-9-17-8-3-4-10-19(17)20/h3-5,7-8,10,12,18,20H,6,9,11,13-14H2,1-2H3,(H,24,27)/t18-,20-/m0/s1. The van der Waals surface area contributed by atoms with Crippen molar-refractivity contribution >= 4 is 17.5 Å². The maximum Gasteiger partial charge on any atom is 0.227 e. The lowest BCUT2D eigenvalue weighted by Gasteiger charge is -2.27. The summed E-state index contributed by atoms with van der Waals surface area (Å²) in [7, 11) is 0. The Morgan fingerprint density at radius 3 is 2.78 bits per heavy atom. The highest BCUT2D eigenvalue weighted by Crippen LogP contribution is 2.32. The second kappa shape index (κ2) is 7.18. The quantitative estimate of drug-likeness (QED) is 0.902. The highest BCUT2D eigenvalue weighted by molar-refractivity contribution is 6.01. The number of hydrogen-bond donors (Lipinski definition) is 1. The maximum atomic E-state index is 12.9. The third-order valence-electron chi connectivity index (χ3n) is 6.05. The number of nitrogens with one attached hydrogen (secondary N) is 1. The lowest BCUT2D eigenvalue weighted by molar-refractivity contribution is -0.127. The molecule has 140 valence electrons. The highest BCUT2D eigenvalue weighted by atomic mass is 16.2. The molecule has 0 radical (unpaired) electrons. The van der Waals surface area contributed by atoms with Gasteiger partial charge >= 0.3 is 0 Å². The molecule has 2 atom stereocenters. The summed E-state index contributed by atoms with van der Waals surface area (Å²) in [4.78, 5) is 27.3. The average Bonchev–Trinajstić information content (AvgIpc) is 3.06. The molecule has 0 spiro atoms. The van der Waals surface area contributed by atoms with Crippen molar-refractivity contribution in [3.63, 3.8) is 0 Å². The second-order valence-electron chi connectivity index (χ2n) is 7.78. The fourth-order valence-corrected chi connectivity index (χ4v) is 4.34. The highest BCUT2D eigenvalue weighted by Gasteiger charge is 2.36. The van der Waals surface area contributed by atoms with E-state index in [0.29, 0.717) is 6.54 Å². The molecule has 0 saturated carbocycles. The number of carbonyl (C=O) groups is 2. The van der Waals surface area contributed by atoms with Gasteiger partial charge in [0.1, 0.15) is 0 Å². The summed E-state index contributed by atoms with van der Waals surface area (Å²) in [6.07, 6.45) is 3.41. The van der Waals surface area contributed by atoms with Crippen molar-refractivity contribution in [2.24, 2.45) is 5.92 Å². The van der Waals surface area contributed by atoms with Crippen LogP contribution in [0.15, 0.2) is 42.5 Å². The minimum Gasteiger partial charge on any atom is -0.349 e. The molecule has 1 N–H and O–H groups in total. The smallest absolute Gasteiger partial charge is 0.227 e. The minimum atomic E-state index is -0.286. The summed E-state index contributed by atoms with van der Waals surface area (Å²) < 4.78 is 0. The number of nitrogens with zero attached hydrogens (tertiary/aromatic N) is 1. The van der Waals surface area contributed by atoms with E-state index in [-0.39, 0.29) is 30.2 Å². The molecule has 4 nitrogen and oxygen atoms in total. The maximum absolute atomic E-state index is 12.9. The zero-order valence-electron chi connectivity index (χ0n) is 16.0. The van der Waals surface area contributed by atoms with Gasteiger partial charge in [0.2, 0.25) is 11.8 Å². The van der Waals surface area contributed by atoms with Crippen LogP contribution in [0.5, 0.6) is 0 Å². The van der Waals surface area contributed by atoms with Crippen LogP contribution in [0.25, 0.3) is 0 Å². The number of carbonyl (C=O) groups excluding carboxylic acids is 2. The van der Waals surface area contributed by atoms with E-state index in [9.17, 15) is 9.59 Å². The van der Waals surface area contributed by atoms with E-state index >= 15 is 0 Å². The van der Waals surface area contributed by atoms with Crippen LogP contribution in [-0.2, 0) is 16.0 Å². The number of anilines is 1. The number of fused-ring (bicyclic) bond motifs is 1. The zero-order chi connectivity index (χ0) is 19.0. The lowest BCUT2D eigenvalue weighted by atomic mass is 9.87. The molecule has 0 bridgehead atoms. The van der Waals surface area contributed by atoms with E-state index in [4.69, 9.17) is 0 Å². The van der Waals surface area contributed by atoms with E-state index in [1.165, 1.54) is 11.1 Å². The van der Waals surface area contributed by atoms with Crippen LogP contribution in [-0.4, -0.2) is 18.4 Å². The summed E-state index contributed by atoms with van der Waals surface area (Å²) in [5.41, 5.74) is 5.75. The molecule has 1 aliphatic heterocycles. The molecular weight excluding hydrogens is 336 g/mol. The number of hydrogen-bond acceptors (Lipinski definition) is 2. The molecule has 0 unspecified atom stereocenters. The lowest BCUT2D eigenvalue weighted by Crippen LogP contribution is -2.37. The molecule has 2 amide bonds. The third-order valence-corrected chi connectivity index (χ3v) is 6.05. The number of amides is 2. The van der Waals surface area contributed by atoms with Gasteiger partial charge < -0.3 is 10.2 Å². The molecular formula is C23H26N2O2. The SMILES string of the molecule is Cc1cccc(N2C[C@@H](C(=O)N[C@H]3CCCc4ccccc43)CC2=O)c1C. The molecule has 27 heavy (non-hydrogen) atoms. The first-order valence-electron chi connectivity index (χ1n) is 9.79. The van der Waals surface area contributed by atoms with Gasteiger partial charge in [-0.2, -0.15) is 0 Å². The molecule has 2 aromatic rings. The van der Waals surface area contributed by atoms with Gasteiger partial charge in [0.15, 0.2) is 0 Å². The summed E-state index contributed by atoms with van der Waals surface area (Å²) >= 11 is 0. The Balaban J connectivity index is 1.48. The topological polar surface area (TPSA) is 49.4 Å². The normalized spacial score (nSPS) is 21.9. The summed E-state index contributed by atoms with van der Waals surface area (Å²) in [6, 6.07) is 14.4. The predicted molar refractivity (Wildman–Crippen MR) is 107 cm³/mol. The van der Waals surface area contributed by atoms with Crippen molar-refractivity contribution in [3.05, 3.63) is 64.7 Å². The van der Waals surface area contributed by atoms with Crippen LogP contribution >= 0.6 is 0 Å². The van der Waals surface area contributed by atoms with Gasteiger partial charge in [0.25, 0.3) is 0 Å². The molecule has 1 heterocycles. The Hall–Kier alpha value is -2.62. The van der Waals surface area contributed by atoms with Gasteiger partial charge in [0.05, 0.1) is 12.0 Å². The Morgan fingerprint density at radius 1 is 1.11 bits per heavy atom. The first-order chi connectivity index (χ1) is 13.0. The largest absolute Gasteiger partial charge is 0.349 e. The van der Waals surface area contributed by atoms with Crippen LogP contribution in [0.3, 0.4) is 0 Å². The molecule has 4 heteroatoms. The van der Waals surface area contributed by atoms with Gasteiger partial charge in [0, 0.05) is 18.7 Å². The first-order valence-corrected chi connectivity index (χ1v) is 9.79. The summed E-state index contributed by atoms with van der Waals surface area (Å²) in [6.45, 7) is 4.54. The van der Waals surface area contributed by atoms with Crippen molar-refractivity contribution < 1.29 is 9.59 Å². The second-order valence-corrected chi connectivity index (χ2v) is 7.78. The molecule has 1 fully saturated rings. The first kappa shape index (κ1) is 17.8. The Kier molecular flexibility index (Phi) is 4.73. The van der Waals surface area contributed by atoms with Crippen molar-refractivity contribution in [3.8, 4) is 0 Å². The molecule has 2 aromatic carbocycles. The van der Waals surface area contributed by atoms with Crippen LogP contribution in [0, 0.1) is 19.8 Å². The van der Waals surface area contributed by atoms with Gasteiger partial charge in [-0.3, -0.25) is 9.59 Å². The number of aryl methyl sites for hydroxylation is 2. The van der Waals surface area contributed by atoms with Crippen molar-refractivity contribution in [1.29, 1.82) is 0 Å². The van der Waals surface area contributed by atoms with Crippen molar-refractivity contribution in [2.45, 2.75) is 45.6 Å². The van der Waals surface area contributed by atoms with Gasteiger partial charge in [-0.1, -0.05) is 36.4 Å². The fourth-order valence-electron chi connectivity index (χ4n) is 4.34. The molecule has 0 aromatic heterocycles. The van der Waals surface area contributed by atoms with E-state index in [2.05, 4.69) is 23.5 Å². The molecule has 2 aliphatic rings. The van der Waals surface area contributed by atoms with Gasteiger partial charge in [-0.15, -0.1) is 0 Å². The van der Waals surface area contributed by atoms with Crippen molar-refractivity contribution in [2.75, 3.05) is 11.4 Å². The predicted octanol–water partition coefficient (Wildman–Crippen LogP) is 3.85. The van der Waals surface area contributed by atoms with Crippen LogP contribution < -0.4 is 10.2 Å². The number of rotatable bonds is 3. The molecule has 4 rings (SSSR count). The van der Waals surface area contributed by atoms with E-state index in [1.807, 2.05) is 38.1 Å². The number of benzene rings is 2. The monoisotopic (exact) mass is 362 g/mol. The fraction of sp³-hybridized carbons (Fsp3) is 0.391. The van der Waals surface area contributed by atoms with Gasteiger partial charge in [-0.05, 0) is 61.4 Å². The minimum absolute atomic E-state index is 0.00198. The van der Waals surface area contributed by atoms with Crippen LogP contribution in [0.1, 0.15) is 47.6 Å². The van der Waals surface area contributed by atoms with Crippen molar-refractivity contribution in [1.82, 2.24) is 5.32 Å². The van der Waals surface area contributed by atoms with E-state index in [0.717, 1.165) is 36.1 Å². The molecule has 1 aliphatic carbocycles. The van der Waals surface area contributed by atoms with Gasteiger partial charge in [-0.25, -0.2) is 0 Å². The Labute approximate surface area is 160 Å². The van der Waals surface area contributed by atoms with E-state index in [1.54, 1.807) is 4.90 Å². The third kappa shape index (κ3) is 3.36. The Bertz CT molecular complexity index is 890. The van der Waals surface area contributed by atoms with E-state index < -0.39 is 0 Å².